The number of phosphoric acid groups is 1. The molecule has 0 aromatic rings. The van der Waals surface area contributed by atoms with E-state index in [2.05, 4.69) is 0 Å². The summed E-state index contributed by atoms with van der Waals surface area (Å²) in [7, 11) is 8.70. The number of ether oxygens (including phenoxy) is 4. The smallest absolute Gasteiger partial charge is 0.380 e. The summed E-state index contributed by atoms with van der Waals surface area (Å²) in [6.45, 7) is 3.25. The van der Waals surface area contributed by atoms with Gasteiger partial charge in [-0.05, 0) is 51.9 Å². The van der Waals surface area contributed by atoms with Gasteiger partial charge in [-0.3, -0.25) is 18.1 Å². The molecule has 2 aliphatic heterocycles. The zero-order valence-electron chi connectivity index (χ0n) is 20.1. The lowest BCUT2D eigenvalue weighted by molar-refractivity contribution is -0.0583. The molecule has 11 nitrogen and oxygen atoms in total. The van der Waals surface area contributed by atoms with Crippen LogP contribution >= 0.6 is 26.0 Å². The van der Waals surface area contributed by atoms with E-state index in [0.717, 1.165) is 7.11 Å². The van der Waals surface area contributed by atoms with Crippen molar-refractivity contribution in [3.63, 3.8) is 0 Å². The van der Waals surface area contributed by atoms with E-state index in [1.165, 1.54) is 0 Å². The summed E-state index contributed by atoms with van der Waals surface area (Å²) < 4.78 is 68.3. The maximum absolute atomic E-state index is 12.8. The first kappa shape index (κ1) is 30.8. The molecule has 0 spiro atoms. The van der Waals surface area contributed by atoms with Crippen LogP contribution in [-0.2, 0) is 46.2 Å². The second-order valence-corrected chi connectivity index (χ2v) is 14.0. The average Bonchev–Trinajstić information content (AvgIpc) is 3.24. The standard InChI is InChI=1S/C18H34B2O11P2S/c1-11(2)25-8-15-14(7-18(20)29-15)31-32(21,22)34-10-27-33(23,24-5)26-9-16-13(28-12(3)4)6-17(19)30-16/h11-18H,6-10H2,1-5H3,(H,21,22)/t13?,14?,15-,16-,17-,18-,33?/m1/s1. The Hall–Kier alpha value is 0.580. The SMILES string of the molecule is [B][C@H]1CC(OC(C)C)[C@@H](COP(=O)(OC)OCSP(=O)(O)OC2C[C@H]([B])O[C@@H]2COC(C)C)O1. The summed E-state index contributed by atoms with van der Waals surface area (Å²) in [6.07, 6.45) is -1.67. The van der Waals surface area contributed by atoms with Gasteiger partial charge >= 0.3 is 14.6 Å². The highest BCUT2D eigenvalue weighted by molar-refractivity contribution is 8.54. The normalized spacial score (nSPS) is 33.4. The molecular formula is C18H34B2O11P2S. The van der Waals surface area contributed by atoms with Crippen molar-refractivity contribution in [1.29, 1.82) is 0 Å². The van der Waals surface area contributed by atoms with Crippen molar-refractivity contribution in [3.05, 3.63) is 0 Å². The Bertz CT molecular complexity index is 719. The largest absolute Gasteiger partial charge is 0.475 e. The van der Waals surface area contributed by atoms with Gasteiger partial charge in [-0.1, -0.05) is 0 Å². The van der Waals surface area contributed by atoms with Crippen LogP contribution in [0, 0.1) is 0 Å². The summed E-state index contributed by atoms with van der Waals surface area (Å²) >= 11 is 0.424. The van der Waals surface area contributed by atoms with E-state index in [1.807, 2.05) is 27.7 Å². The minimum absolute atomic E-state index is 0.0504. The fourth-order valence-electron chi connectivity index (χ4n) is 3.34. The van der Waals surface area contributed by atoms with E-state index < -0.39 is 50.9 Å². The molecule has 4 unspecified atom stereocenters. The molecule has 0 aromatic carbocycles. The van der Waals surface area contributed by atoms with Gasteiger partial charge < -0.3 is 23.8 Å². The van der Waals surface area contributed by atoms with Gasteiger partial charge in [-0.15, -0.1) is 0 Å². The first-order valence-electron chi connectivity index (χ1n) is 11.0. The van der Waals surface area contributed by atoms with Crippen molar-refractivity contribution < 1.29 is 51.1 Å². The maximum atomic E-state index is 12.8. The molecule has 34 heavy (non-hydrogen) atoms. The highest BCUT2D eigenvalue weighted by Gasteiger charge is 2.40. The van der Waals surface area contributed by atoms with Crippen molar-refractivity contribution in [2.75, 3.05) is 26.3 Å². The Morgan fingerprint density at radius 2 is 1.56 bits per heavy atom. The highest BCUT2D eigenvalue weighted by atomic mass is 32.7. The van der Waals surface area contributed by atoms with Gasteiger partial charge in [0.05, 0.1) is 37.6 Å². The molecule has 8 atom stereocenters. The lowest BCUT2D eigenvalue weighted by Gasteiger charge is -2.24. The Kier molecular flexibility index (Phi) is 12.6. The van der Waals surface area contributed by atoms with Gasteiger partial charge in [-0.25, -0.2) is 9.13 Å². The third-order valence-electron chi connectivity index (χ3n) is 4.81. The molecule has 4 radical (unpaired) electrons. The Morgan fingerprint density at radius 1 is 0.971 bits per heavy atom. The second kappa shape index (κ2) is 13.9. The quantitative estimate of drug-likeness (QED) is 0.186. The van der Waals surface area contributed by atoms with E-state index in [-0.39, 0.29) is 37.9 Å². The van der Waals surface area contributed by atoms with E-state index in [1.54, 1.807) is 0 Å². The molecule has 0 aliphatic carbocycles. The molecule has 2 rings (SSSR count). The van der Waals surface area contributed by atoms with Gasteiger partial charge in [0, 0.05) is 19.1 Å². The molecule has 2 saturated heterocycles. The summed E-state index contributed by atoms with van der Waals surface area (Å²) in [4.78, 5) is 10.2. The number of phosphoric ester groups is 1. The molecule has 194 valence electrons. The van der Waals surface area contributed by atoms with E-state index >= 15 is 0 Å². The molecule has 16 heteroatoms. The van der Waals surface area contributed by atoms with Crippen molar-refractivity contribution in [1.82, 2.24) is 0 Å². The summed E-state index contributed by atoms with van der Waals surface area (Å²) in [5, 5.41) is 0. The summed E-state index contributed by atoms with van der Waals surface area (Å²) in [5.74, 6) is -0.497. The Balaban J connectivity index is 1.83. The Labute approximate surface area is 208 Å². The van der Waals surface area contributed by atoms with Crippen LogP contribution in [0.15, 0.2) is 0 Å². The lowest BCUT2D eigenvalue weighted by Crippen LogP contribution is -2.31. The van der Waals surface area contributed by atoms with E-state index in [9.17, 15) is 14.0 Å². The molecule has 1 N–H and O–H groups in total. The zero-order chi connectivity index (χ0) is 25.5. The van der Waals surface area contributed by atoms with Crippen LogP contribution in [-0.4, -0.2) is 95.5 Å². The van der Waals surface area contributed by atoms with Gasteiger partial charge in [0.2, 0.25) is 0 Å². The molecule has 0 saturated carbocycles. The average molecular weight is 542 g/mol. The van der Waals surface area contributed by atoms with Crippen LogP contribution < -0.4 is 0 Å². The summed E-state index contributed by atoms with van der Waals surface area (Å²) in [6, 6.07) is -1.17. The van der Waals surface area contributed by atoms with Crippen molar-refractivity contribution in [2.45, 2.75) is 89.2 Å². The van der Waals surface area contributed by atoms with Gasteiger partial charge in [0.15, 0.2) is 0 Å². The van der Waals surface area contributed by atoms with E-state index in [0.29, 0.717) is 17.8 Å². The van der Waals surface area contributed by atoms with Crippen LogP contribution in [0.2, 0.25) is 0 Å². The Morgan fingerprint density at radius 3 is 2.12 bits per heavy atom. The molecule has 0 aromatic heterocycles. The summed E-state index contributed by atoms with van der Waals surface area (Å²) in [5.41, 5.74) is 0. The van der Waals surface area contributed by atoms with Crippen LogP contribution in [0.3, 0.4) is 0 Å². The predicted molar refractivity (Wildman–Crippen MR) is 128 cm³/mol. The van der Waals surface area contributed by atoms with Gasteiger partial charge in [0.1, 0.15) is 33.8 Å². The molecule has 2 heterocycles. The maximum Gasteiger partial charge on any atom is 0.475 e. The molecule has 2 fully saturated rings. The first-order valence-corrected chi connectivity index (χ1v) is 15.6. The molecule has 2 aliphatic rings. The minimum Gasteiger partial charge on any atom is -0.380 e. The van der Waals surface area contributed by atoms with Crippen LogP contribution in [0.25, 0.3) is 0 Å². The third-order valence-corrected chi connectivity index (χ3v) is 8.99. The van der Waals surface area contributed by atoms with E-state index in [4.69, 9.17) is 52.7 Å². The van der Waals surface area contributed by atoms with Crippen LogP contribution in [0.1, 0.15) is 40.5 Å². The molecular weight excluding hydrogens is 508 g/mol. The minimum atomic E-state index is -4.22. The van der Waals surface area contributed by atoms with Crippen molar-refractivity contribution in [3.8, 4) is 0 Å². The second-order valence-electron chi connectivity index (χ2n) is 8.42. The number of hydrogen-bond donors (Lipinski definition) is 1. The molecule has 0 amide bonds. The fraction of sp³-hybridized carbons (Fsp3) is 1.00. The van der Waals surface area contributed by atoms with Gasteiger partial charge in [-0.2, -0.15) is 0 Å². The molecule has 0 bridgehead atoms. The topological polar surface area (TPSA) is 128 Å². The number of hydrogen-bond acceptors (Lipinski definition) is 11. The fourth-order valence-corrected chi connectivity index (χ4v) is 6.76. The van der Waals surface area contributed by atoms with Crippen LogP contribution in [0.4, 0.5) is 0 Å². The van der Waals surface area contributed by atoms with Crippen molar-refractivity contribution >= 4 is 41.7 Å². The highest BCUT2D eigenvalue weighted by Crippen LogP contribution is 2.60. The lowest BCUT2D eigenvalue weighted by atomic mass is 9.96. The van der Waals surface area contributed by atoms with Gasteiger partial charge in [0.25, 0.3) is 0 Å². The van der Waals surface area contributed by atoms with Crippen LogP contribution in [0.5, 0.6) is 0 Å². The van der Waals surface area contributed by atoms with Crippen molar-refractivity contribution in [2.24, 2.45) is 0 Å². The number of rotatable bonds is 15. The monoisotopic (exact) mass is 542 g/mol. The first-order chi connectivity index (χ1) is 15.8. The predicted octanol–water partition coefficient (Wildman–Crippen LogP) is 2.74. The third kappa shape index (κ3) is 10.5. The zero-order valence-corrected chi connectivity index (χ0v) is 22.7.